The highest BCUT2D eigenvalue weighted by molar-refractivity contribution is 5.87. The predicted molar refractivity (Wildman–Crippen MR) is 146 cm³/mol. The van der Waals surface area contributed by atoms with Crippen LogP contribution in [0.5, 0.6) is 5.75 Å². The Morgan fingerprint density at radius 1 is 0.865 bits per heavy atom. The monoisotopic (exact) mass is 503 g/mol. The van der Waals surface area contributed by atoms with E-state index in [9.17, 15) is 9.59 Å². The van der Waals surface area contributed by atoms with Crippen LogP contribution in [0.15, 0.2) is 79.1 Å². The van der Waals surface area contributed by atoms with Crippen molar-refractivity contribution in [3.63, 3.8) is 0 Å². The van der Waals surface area contributed by atoms with Gasteiger partial charge in [-0.25, -0.2) is 4.79 Å². The lowest BCUT2D eigenvalue weighted by molar-refractivity contribution is -0.137. The lowest BCUT2D eigenvalue weighted by atomic mass is 9.92. The van der Waals surface area contributed by atoms with Gasteiger partial charge < -0.3 is 19.5 Å². The Balaban J connectivity index is 1.56. The normalized spacial score (nSPS) is 12.0. The molecule has 1 atom stereocenters. The molecule has 1 heterocycles. The molecule has 0 amide bonds. The number of carbonyl (C=O) groups is 2. The molecule has 0 aliphatic rings. The number of aromatic nitrogens is 1. The number of carboxylic acids is 2. The second-order valence-electron chi connectivity index (χ2n) is 9.33. The summed E-state index contributed by atoms with van der Waals surface area (Å²) in [6.07, 6.45) is 14.9. The van der Waals surface area contributed by atoms with Gasteiger partial charge in [-0.3, -0.25) is 4.79 Å². The van der Waals surface area contributed by atoms with Gasteiger partial charge in [-0.15, -0.1) is 0 Å². The molecular weight excluding hydrogens is 466 g/mol. The van der Waals surface area contributed by atoms with Crippen LogP contribution in [-0.4, -0.2) is 33.3 Å². The van der Waals surface area contributed by atoms with Crippen LogP contribution in [-0.2, 0) is 17.8 Å². The van der Waals surface area contributed by atoms with Crippen molar-refractivity contribution in [2.75, 3.05) is 6.61 Å². The summed E-state index contributed by atoms with van der Waals surface area (Å²) in [6.45, 7) is 1.70. The van der Waals surface area contributed by atoms with Crippen LogP contribution >= 0.6 is 0 Å². The van der Waals surface area contributed by atoms with Crippen molar-refractivity contribution in [1.82, 2.24) is 4.57 Å². The summed E-state index contributed by atoms with van der Waals surface area (Å²) < 4.78 is 8.30. The molecule has 1 unspecified atom stereocenters. The number of para-hydroxylation sites is 1. The molecule has 37 heavy (non-hydrogen) atoms. The lowest BCUT2D eigenvalue weighted by Crippen LogP contribution is -2.04. The highest BCUT2D eigenvalue weighted by atomic mass is 16.5. The highest BCUT2D eigenvalue weighted by Crippen LogP contribution is 2.24. The first kappa shape index (κ1) is 27.8. The van der Waals surface area contributed by atoms with E-state index >= 15 is 0 Å². The Kier molecular flexibility index (Phi) is 11.5. The third kappa shape index (κ3) is 10.4. The summed E-state index contributed by atoms with van der Waals surface area (Å²) >= 11 is 0. The Labute approximate surface area is 219 Å². The minimum absolute atomic E-state index is 0.172. The van der Waals surface area contributed by atoms with Crippen LogP contribution in [0.3, 0.4) is 0 Å². The average Bonchev–Trinajstić information content (AvgIpc) is 3.41. The molecule has 2 aromatic carbocycles. The largest absolute Gasteiger partial charge is 0.493 e. The van der Waals surface area contributed by atoms with E-state index in [1.54, 1.807) is 12.1 Å². The Bertz CT molecular complexity index is 1120. The molecule has 6 heteroatoms. The van der Waals surface area contributed by atoms with Crippen LogP contribution in [0.1, 0.15) is 66.4 Å². The molecule has 1 aromatic heterocycles. The van der Waals surface area contributed by atoms with Crippen molar-refractivity contribution in [3.8, 4) is 5.75 Å². The zero-order valence-corrected chi connectivity index (χ0v) is 21.3. The summed E-state index contributed by atoms with van der Waals surface area (Å²) in [4.78, 5) is 22.1. The smallest absolute Gasteiger partial charge is 0.335 e. The van der Waals surface area contributed by atoms with E-state index in [-0.39, 0.29) is 17.9 Å². The van der Waals surface area contributed by atoms with Gasteiger partial charge in [0.1, 0.15) is 5.75 Å². The molecule has 0 bridgehead atoms. The number of allylic oxidation sites excluding steroid dienone is 1. The van der Waals surface area contributed by atoms with Gasteiger partial charge >= 0.3 is 11.9 Å². The number of aliphatic carboxylic acids is 1. The van der Waals surface area contributed by atoms with Gasteiger partial charge in [0.2, 0.25) is 0 Å². The molecule has 2 N–H and O–H groups in total. The molecule has 3 rings (SSSR count). The molecule has 0 aliphatic heterocycles. The van der Waals surface area contributed by atoms with Gasteiger partial charge in [-0.05, 0) is 80.3 Å². The maximum absolute atomic E-state index is 11.2. The summed E-state index contributed by atoms with van der Waals surface area (Å²) in [5.41, 5.74) is 2.35. The van der Waals surface area contributed by atoms with Crippen LogP contribution in [0, 0.1) is 5.92 Å². The van der Waals surface area contributed by atoms with E-state index in [4.69, 9.17) is 14.9 Å². The maximum atomic E-state index is 11.2. The van der Waals surface area contributed by atoms with Gasteiger partial charge in [-0.2, -0.15) is 0 Å². The maximum Gasteiger partial charge on any atom is 0.335 e. The number of hydrogen-bond acceptors (Lipinski definition) is 3. The summed E-state index contributed by atoms with van der Waals surface area (Å²) in [7, 11) is 0. The van der Waals surface area contributed by atoms with Gasteiger partial charge in [0.15, 0.2) is 0 Å². The molecule has 0 fully saturated rings. The number of rotatable bonds is 17. The molecule has 0 spiro atoms. The summed E-state index contributed by atoms with van der Waals surface area (Å²) in [5.74, 6) is -0.646. The number of hydrogen-bond donors (Lipinski definition) is 2. The second-order valence-corrected chi connectivity index (χ2v) is 9.33. The van der Waals surface area contributed by atoms with E-state index in [0.29, 0.717) is 13.0 Å². The fraction of sp³-hybridized carbons (Fsp3) is 0.355. The fourth-order valence-corrected chi connectivity index (χ4v) is 4.30. The zero-order chi connectivity index (χ0) is 26.3. The number of aromatic carboxylic acids is 1. The number of carboxylic acid groups (broad SMARTS) is 2. The quantitative estimate of drug-likeness (QED) is 0.195. The number of benzene rings is 2. The van der Waals surface area contributed by atoms with E-state index < -0.39 is 11.9 Å². The average molecular weight is 504 g/mol. The molecule has 6 nitrogen and oxygen atoms in total. The van der Waals surface area contributed by atoms with Crippen molar-refractivity contribution in [2.45, 2.75) is 57.9 Å². The lowest BCUT2D eigenvalue weighted by Gasteiger charge is -2.14. The number of unbranched alkanes of at least 4 members (excludes halogenated alkanes) is 3. The van der Waals surface area contributed by atoms with Crippen molar-refractivity contribution < 1.29 is 24.5 Å². The third-order valence-corrected chi connectivity index (χ3v) is 6.37. The minimum Gasteiger partial charge on any atom is -0.493 e. The number of nitrogens with zero attached hydrogens (tertiary/aromatic N) is 1. The van der Waals surface area contributed by atoms with E-state index in [0.717, 1.165) is 61.9 Å². The standard InChI is InChI=1S/C31H37NO5/c33-30(34)13-5-2-10-25(24-26-15-18-28(19-16-26)31(35)36)14-17-27-11-3-4-12-29(27)37-23-9-1-6-20-32-21-7-8-22-32/h3-4,7-8,11-12,14-19,21-22,25H,1-2,5-6,9-10,13,20,23-24H2,(H,33,34)(H,35,36). The van der Waals surface area contributed by atoms with Crippen molar-refractivity contribution in [2.24, 2.45) is 5.92 Å². The van der Waals surface area contributed by atoms with Crippen LogP contribution < -0.4 is 4.74 Å². The first-order chi connectivity index (χ1) is 18.0. The molecule has 196 valence electrons. The molecule has 0 aliphatic carbocycles. The number of ether oxygens (including phenoxy) is 1. The minimum atomic E-state index is -0.936. The fourth-order valence-electron chi connectivity index (χ4n) is 4.30. The Morgan fingerprint density at radius 2 is 1.62 bits per heavy atom. The molecule has 0 saturated heterocycles. The zero-order valence-electron chi connectivity index (χ0n) is 21.3. The van der Waals surface area contributed by atoms with Gasteiger partial charge in [-0.1, -0.05) is 48.9 Å². The molecular formula is C31H37NO5. The highest BCUT2D eigenvalue weighted by Gasteiger charge is 2.10. The topological polar surface area (TPSA) is 88.8 Å². The molecule has 0 saturated carbocycles. The summed E-state index contributed by atoms with van der Waals surface area (Å²) in [6, 6.07) is 19.1. The summed E-state index contributed by atoms with van der Waals surface area (Å²) in [5, 5.41) is 18.1. The first-order valence-corrected chi connectivity index (χ1v) is 13.1. The van der Waals surface area contributed by atoms with Crippen molar-refractivity contribution in [1.29, 1.82) is 0 Å². The van der Waals surface area contributed by atoms with Gasteiger partial charge in [0.05, 0.1) is 12.2 Å². The van der Waals surface area contributed by atoms with Crippen molar-refractivity contribution >= 4 is 18.0 Å². The SMILES string of the molecule is O=C(O)CCCCC(C=Cc1ccccc1OCCCCCn1cccc1)Cc1ccc(C(=O)O)cc1. The first-order valence-electron chi connectivity index (χ1n) is 13.1. The van der Waals surface area contributed by atoms with Crippen LogP contribution in [0.2, 0.25) is 0 Å². The van der Waals surface area contributed by atoms with Crippen LogP contribution in [0.4, 0.5) is 0 Å². The van der Waals surface area contributed by atoms with Crippen LogP contribution in [0.25, 0.3) is 6.08 Å². The predicted octanol–water partition coefficient (Wildman–Crippen LogP) is 6.95. The van der Waals surface area contributed by atoms with E-state index in [1.807, 2.05) is 48.5 Å². The van der Waals surface area contributed by atoms with Gasteiger partial charge in [0, 0.05) is 30.9 Å². The number of aryl methyl sites for hydroxylation is 1. The van der Waals surface area contributed by atoms with Gasteiger partial charge in [0.25, 0.3) is 0 Å². The third-order valence-electron chi connectivity index (χ3n) is 6.37. The second kappa shape index (κ2) is 15.3. The van der Waals surface area contributed by atoms with E-state index in [1.165, 1.54) is 0 Å². The Hall–Kier alpha value is -3.80. The van der Waals surface area contributed by atoms with Crippen molar-refractivity contribution in [3.05, 3.63) is 95.8 Å². The molecule has 3 aromatic rings. The van der Waals surface area contributed by atoms with E-state index in [2.05, 4.69) is 29.1 Å². The Morgan fingerprint density at radius 3 is 2.35 bits per heavy atom. The molecule has 0 radical (unpaired) electrons.